The minimum Gasteiger partial charge on any atom is -0.507 e. The summed E-state index contributed by atoms with van der Waals surface area (Å²) < 4.78 is 14.1. The second kappa shape index (κ2) is 10.4. The number of hydrogen-bond acceptors (Lipinski definition) is 7. The van der Waals surface area contributed by atoms with E-state index in [4.69, 9.17) is 0 Å². The molecule has 4 heterocycles. The molecule has 2 N–H and O–H groups in total. The molecule has 2 aromatic heterocycles. The average molecular weight is 516 g/mol. The number of phenols is 1. The Kier molecular flexibility index (Phi) is 6.87. The van der Waals surface area contributed by atoms with Crippen molar-refractivity contribution >= 4 is 17.7 Å². The molecule has 3 aromatic rings. The number of benzene rings is 1. The molecule has 0 radical (unpaired) electrons. The zero-order chi connectivity index (χ0) is 26.8. The number of amides is 3. The van der Waals surface area contributed by atoms with Gasteiger partial charge in [-0.05, 0) is 43.2 Å². The first-order valence-electron chi connectivity index (χ1n) is 12.3. The highest BCUT2D eigenvalue weighted by molar-refractivity contribution is 6.19. The van der Waals surface area contributed by atoms with Gasteiger partial charge in [0.25, 0.3) is 17.7 Å². The quantitative estimate of drug-likeness (QED) is 0.367. The van der Waals surface area contributed by atoms with Gasteiger partial charge in [0, 0.05) is 61.3 Å². The van der Waals surface area contributed by atoms with E-state index >= 15 is 0 Å². The Labute approximate surface area is 218 Å². The fraction of sp³-hybridized carbons (Fsp3) is 0.250. The molecule has 0 saturated heterocycles. The fourth-order valence-electron chi connectivity index (χ4n) is 4.92. The minimum atomic E-state index is -0.590. The molecule has 5 rings (SSSR count). The van der Waals surface area contributed by atoms with Gasteiger partial charge in [0.1, 0.15) is 11.4 Å². The van der Waals surface area contributed by atoms with Crippen LogP contribution < -0.4 is 5.32 Å². The molecule has 194 valence electrons. The Hall–Kier alpha value is -4.60. The molecule has 1 aromatic carbocycles. The van der Waals surface area contributed by atoms with Gasteiger partial charge in [-0.2, -0.15) is 4.39 Å². The smallest absolute Gasteiger partial charge is 0.277 e. The van der Waals surface area contributed by atoms with Crippen LogP contribution in [0.3, 0.4) is 0 Å². The van der Waals surface area contributed by atoms with Crippen LogP contribution in [0.2, 0.25) is 0 Å². The highest BCUT2D eigenvalue weighted by Gasteiger charge is 2.42. The SMILES string of the molecule is CN1C(=O)C2=C(C1=O)N(C(CNC(=O)c1ccccc1O)Cc1ccc(-c3cccnc3F)cn1)CCC2. The van der Waals surface area contributed by atoms with Crippen molar-refractivity contribution < 1.29 is 23.9 Å². The van der Waals surface area contributed by atoms with Crippen molar-refractivity contribution in [2.24, 2.45) is 0 Å². The first-order valence-corrected chi connectivity index (χ1v) is 12.3. The van der Waals surface area contributed by atoms with Crippen LogP contribution in [0.25, 0.3) is 11.1 Å². The van der Waals surface area contributed by atoms with Gasteiger partial charge >= 0.3 is 0 Å². The summed E-state index contributed by atoms with van der Waals surface area (Å²) >= 11 is 0. The molecule has 10 heteroatoms. The molecule has 1 atom stereocenters. The lowest BCUT2D eigenvalue weighted by molar-refractivity contribution is -0.136. The average Bonchev–Trinajstić information content (AvgIpc) is 3.16. The third-order valence-corrected chi connectivity index (χ3v) is 6.90. The van der Waals surface area contributed by atoms with Crippen LogP contribution in [0.5, 0.6) is 5.75 Å². The number of nitrogens with zero attached hydrogens (tertiary/aromatic N) is 4. The molecule has 2 aliphatic heterocycles. The van der Waals surface area contributed by atoms with Crippen molar-refractivity contribution in [1.82, 2.24) is 25.1 Å². The largest absolute Gasteiger partial charge is 0.507 e. The maximum atomic E-state index is 14.1. The Bertz CT molecular complexity index is 1440. The number of imide groups is 1. The molecule has 0 saturated carbocycles. The monoisotopic (exact) mass is 515 g/mol. The van der Waals surface area contributed by atoms with Crippen molar-refractivity contribution in [2.45, 2.75) is 25.3 Å². The van der Waals surface area contributed by atoms with Crippen LogP contribution in [0.15, 0.2) is 72.2 Å². The molecular formula is C28H26FN5O4. The second-order valence-electron chi connectivity index (χ2n) is 9.26. The third-order valence-electron chi connectivity index (χ3n) is 6.90. The van der Waals surface area contributed by atoms with Crippen LogP contribution in [0, 0.1) is 5.95 Å². The summed E-state index contributed by atoms with van der Waals surface area (Å²) in [5, 5.41) is 12.9. The lowest BCUT2D eigenvalue weighted by atomic mass is 9.99. The highest BCUT2D eigenvalue weighted by Crippen LogP contribution is 2.32. The van der Waals surface area contributed by atoms with E-state index in [1.165, 1.54) is 25.4 Å². The molecular weight excluding hydrogens is 489 g/mol. The predicted molar refractivity (Wildman–Crippen MR) is 136 cm³/mol. The van der Waals surface area contributed by atoms with Crippen LogP contribution >= 0.6 is 0 Å². The zero-order valence-electron chi connectivity index (χ0n) is 20.7. The summed E-state index contributed by atoms with van der Waals surface area (Å²) in [5.74, 6) is -1.85. The molecule has 0 spiro atoms. The number of carbonyl (C=O) groups excluding carboxylic acids is 3. The first-order chi connectivity index (χ1) is 18.3. The predicted octanol–water partition coefficient (Wildman–Crippen LogP) is 2.68. The van der Waals surface area contributed by atoms with E-state index in [-0.39, 0.29) is 29.7 Å². The van der Waals surface area contributed by atoms with E-state index < -0.39 is 17.9 Å². The van der Waals surface area contributed by atoms with E-state index in [0.717, 1.165) is 4.90 Å². The van der Waals surface area contributed by atoms with Gasteiger partial charge in [-0.15, -0.1) is 0 Å². The highest BCUT2D eigenvalue weighted by atomic mass is 19.1. The number of carbonyl (C=O) groups is 3. The van der Waals surface area contributed by atoms with E-state index in [0.29, 0.717) is 53.9 Å². The van der Waals surface area contributed by atoms with Gasteiger partial charge in [0.05, 0.1) is 11.6 Å². The molecule has 0 fully saturated rings. The summed E-state index contributed by atoms with van der Waals surface area (Å²) in [4.78, 5) is 49.7. The van der Waals surface area contributed by atoms with Crippen LogP contribution in [0.4, 0.5) is 4.39 Å². The number of aromatic nitrogens is 2. The van der Waals surface area contributed by atoms with Crippen LogP contribution in [0.1, 0.15) is 28.9 Å². The summed E-state index contributed by atoms with van der Waals surface area (Å²) in [6.45, 7) is 0.664. The Morgan fingerprint density at radius 1 is 1.11 bits per heavy atom. The summed E-state index contributed by atoms with van der Waals surface area (Å²) in [7, 11) is 1.47. The summed E-state index contributed by atoms with van der Waals surface area (Å²) in [6.07, 6.45) is 4.48. The lowest BCUT2D eigenvalue weighted by Crippen LogP contribution is -2.48. The number of nitrogens with one attached hydrogen (secondary N) is 1. The van der Waals surface area contributed by atoms with Gasteiger partial charge in [-0.25, -0.2) is 4.98 Å². The third kappa shape index (κ3) is 4.72. The Morgan fingerprint density at radius 2 is 1.92 bits per heavy atom. The van der Waals surface area contributed by atoms with Gasteiger partial charge in [0.2, 0.25) is 5.95 Å². The Morgan fingerprint density at radius 3 is 2.66 bits per heavy atom. The molecule has 3 amide bonds. The standard InChI is InChI=1S/C28H26FN5O4/c1-33-27(37)22-8-5-13-34(24(22)28(33)38)19(16-32-26(36)21-6-2-3-9-23(21)35)14-18-11-10-17(15-31-18)20-7-4-12-30-25(20)29/h2-4,6-7,9-12,15,19,35H,5,8,13-14,16H2,1H3,(H,32,36). The Balaban J connectivity index is 1.42. The number of rotatable bonds is 7. The van der Waals surface area contributed by atoms with Crippen molar-refractivity contribution in [3.63, 3.8) is 0 Å². The number of aromatic hydroxyl groups is 1. The van der Waals surface area contributed by atoms with Crippen molar-refractivity contribution in [3.05, 3.63) is 89.4 Å². The molecule has 38 heavy (non-hydrogen) atoms. The zero-order valence-corrected chi connectivity index (χ0v) is 20.7. The van der Waals surface area contributed by atoms with Gasteiger partial charge in [0.15, 0.2) is 0 Å². The summed E-state index contributed by atoms with van der Waals surface area (Å²) in [6, 6.07) is 12.6. The summed E-state index contributed by atoms with van der Waals surface area (Å²) in [5.41, 5.74) is 2.55. The van der Waals surface area contributed by atoms with E-state index in [2.05, 4.69) is 15.3 Å². The van der Waals surface area contributed by atoms with Crippen molar-refractivity contribution in [2.75, 3.05) is 20.1 Å². The molecule has 0 aliphatic carbocycles. The number of hydrogen-bond donors (Lipinski definition) is 2. The topological polar surface area (TPSA) is 116 Å². The maximum absolute atomic E-state index is 14.1. The van der Waals surface area contributed by atoms with E-state index in [1.54, 1.807) is 42.6 Å². The first kappa shape index (κ1) is 25.1. The van der Waals surface area contributed by atoms with Gasteiger partial charge in [-0.1, -0.05) is 18.2 Å². The van der Waals surface area contributed by atoms with Crippen molar-refractivity contribution in [1.29, 1.82) is 0 Å². The van der Waals surface area contributed by atoms with Crippen molar-refractivity contribution in [3.8, 4) is 16.9 Å². The number of likely N-dealkylation sites (N-methyl/N-ethyl adjacent to an activating group) is 1. The number of halogens is 1. The molecule has 1 unspecified atom stereocenters. The van der Waals surface area contributed by atoms with Crippen LogP contribution in [-0.2, 0) is 16.0 Å². The van der Waals surface area contributed by atoms with E-state index in [9.17, 15) is 23.9 Å². The van der Waals surface area contributed by atoms with Crippen LogP contribution in [-0.4, -0.2) is 68.8 Å². The lowest BCUT2D eigenvalue weighted by Gasteiger charge is -2.36. The maximum Gasteiger partial charge on any atom is 0.277 e. The second-order valence-corrected chi connectivity index (χ2v) is 9.26. The molecule has 9 nitrogen and oxygen atoms in total. The normalized spacial score (nSPS) is 16.1. The molecule has 0 bridgehead atoms. The fourth-order valence-corrected chi connectivity index (χ4v) is 4.92. The minimum absolute atomic E-state index is 0.135. The van der Waals surface area contributed by atoms with E-state index in [1.807, 2.05) is 4.90 Å². The number of para-hydroxylation sites is 1. The molecule has 2 aliphatic rings. The van der Waals surface area contributed by atoms with Gasteiger partial charge in [-0.3, -0.25) is 24.3 Å². The number of phenolic OH excluding ortho intramolecular Hbond substituents is 1. The van der Waals surface area contributed by atoms with Gasteiger partial charge < -0.3 is 15.3 Å². The number of pyridine rings is 2.